The molecule has 1 heterocycles. The van der Waals surface area contributed by atoms with Gasteiger partial charge in [-0.15, -0.1) is 12.4 Å². The molecule has 0 amide bonds. The van der Waals surface area contributed by atoms with Crippen molar-refractivity contribution in [1.82, 2.24) is 10.2 Å². The van der Waals surface area contributed by atoms with Gasteiger partial charge < -0.3 is 5.11 Å². The molecule has 5 heteroatoms. The highest BCUT2D eigenvalue weighted by Gasteiger charge is 1.99. The molecule has 1 aromatic rings. The molecule has 0 unspecified atom stereocenters. The Kier molecular flexibility index (Phi) is 2.73. The van der Waals surface area contributed by atoms with Gasteiger partial charge in [0.2, 0.25) is 0 Å². The first-order chi connectivity index (χ1) is 3.80. The summed E-state index contributed by atoms with van der Waals surface area (Å²) in [7, 11) is 0. The molecule has 0 bridgehead atoms. The normalized spacial score (nSPS) is 8.00. The molecule has 50 valence electrons. The van der Waals surface area contributed by atoms with E-state index in [1.54, 1.807) is 0 Å². The number of aromatic carboxylic acids is 1. The molecular formula is C4H5ClN2O2. The average Bonchev–Trinajstić information content (AvgIpc) is 2.12. The summed E-state index contributed by atoms with van der Waals surface area (Å²) in [5, 5.41) is 13.9. The minimum absolute atomic E-state index is 0. The van der Waals surface area contributed by atoms with Gasteiger partial charge in [-0.25, -0.2) is 4.79 Å². The Labute approximate surface area is 57.3 Å². The Bertz CT molecular complexity index is 184. The molecule has 0 saturated heterocycles. The van der Waals surface area contributed by atoms with Crippen molar-refractivity contribution < 1.29 is 9.90 Å². The molecule has 0 aliphatic carbocycles. The second-order valence-corrected chi connectivity index (χ2v) is 1.28. The van der Waals surface area contributed by atoms with E-state index in [2.05, 4.69) is 10.2 Å². The summed E-state index contributed by atoms with van der Waals surface area (Å²) in [4.78, 5) is 9.99. The summed E-state index contributed by atoms with van der Waals surface area (Å²) in [6.45, 7) is 0. The fraction of sp³-hybridized carbons (Fsp3) is 0. The van der Waals surface area contributed by atoms with E-state index in [1.165, 1.54) is 12.3 Å². The zero-order chi connectivity index (χ0) is 5.98. The van der Waals surface area contributed by atoms with Crippen LogP contribution in [0.3, 0.4) is 0 Å². The highest BCUT2D eigenvalue weighted by Crippen LogP contribution is 1.87. The van der Waals surface area contributed by atoms with E-state index in [9.17, 15) is 4.79 Å². The van der Waals surface area contributed by atoms with Gasteiger partial charge in [-0.2, -0.15) is 5.10 Å². The third-order valence-corrected chi connectivity index (χ3v) is 0.731. The quantitative estimate of drug-likeness (QED) is 0.611. The summed E-state index contributed by atoms with van der Waals surface area (Å²) < 4.78 is 0. The van der Waals surface area contributed by atoms with Crippen molar-refractivity contribution >= 4 is 18.4 Å². The van der Waals surface area contributed by atoms with Crippen LogP contribution in [-0.4, -0.2) is 21.3 Å². The Hall–Kier alpha value is -1.03. The number of hydrogen-bond donors (Lipinski definition) is 2. The van der Waals surface area contributed by atoms with Crippen LogP contribution in [0.15, 0.2) is 12.3 Å². The number of aromatic amines is 1. The van der Waals surface area contributed by atoms with Crippen LogP contribution >= 0.6 is 12.4 Å². The van der Waals surface area contributed by atoms with Crippen LogP contribution in [0.25, 0.3) is 0 Å². The first-order valence-corrected chi connectivity index (χ1v) is 2.03. The minimum atomic E-state index is -0.984. The van der Waals surface area contributed by atoms with Gasteiger partial charge in [0.15, 0.2) is 0 Å². The fourth-order valence-corrected chi connectivity index (χ4v) is 0.375. The van der Waals surface area contributed by atoms with Crippen molar-refractivity contribution in [3.05, 3.63) is 18.0 Å². The van der Waals surface area contributed by atoms with E-state index in [0.717, 1.165) is 0 Å². The van der Waals surface area contributed by atoms with E-state index in [0.29, 0.717) is 0 Å². The minimum Gasteiger partial charge on any atom is -0.477 e. The first kappa shape index (κ1) is 7.97. The van der Waals surface area contributed by atoms with Gasteiger partial charge in [-0.1, -0.05) is 0 Å². The van der Waals surface area contributed by atoms with Crippen LogP contribution in [-0.2, 0) is 0 Å². The van der Waals surface area contributed by atoms with E-state index in [-0.39, 0.29) is 18.1 Å². The van der Waals surface area contributed by atoms with Crippen molar-refractivity contribution in [1.29, 1.82) is 0 Å². The van der Waals surface area contributed by atoms with Gasteiger partial charge in [-0.05, 0) is 6.07 Å². The van der Waals surface area contributed by atoms with Gasteiger partial charge in [0, 0.05) is 6.20 Å². The third kappa shape index (κ3) is 1.73. The number of nitrogens with one attached hydrogen (secondary N) is 1. The van der Waals surface area contributed by atoms with Gasteiger partial charge in [0.1, 0.15) is 5.69 Å². The molecule has 2 N–H and O–H groups in total. The number of carboxylic acid groups (broad SMARTS) is 1. The smallest absolute Gasteiger partial charge is 0.353 e. The SMILES string of the molecule is Cl.O=C(O)c1ccn[nH]1. The van der Waals surface area contributed by atoms with Crippen molar-refractivity contribution in [2.24, 2.45) is 0 Å². The van der Waals surface area contributed by atoms with Crippen molar-refractivity contribution in [3.63, 3.8) is 0 Å². The second-order valence-electron chi connectivity index (χ2n) is 1.28. The third-order valence-electron chi connectivity index (χ3n) is 0.731. The summed E-state index contributed by atoms with van der Waals surface area (Å²) in [6.07, 6.45) is 1.39. The number of halogens is 1. The molecule has 0 spiro atoms. The molecule has 1 aromatic heterocycles. The Morgan fingerprint density at radius 3 is 2.67 bits per heavy atom. The zero-order valence-electron chi connectivity index (χ0n) is 4.37. The lowest BCUT2D eigenvalue weighted by molar-refractivity contribution is 0.0690. The molecule has 9 heavy (non-hydrogen) atoms. The number of rotatable bonds is 1. The van der Waals surface area contributed by atoms with Gasteiger partial charge >= 0.3 is 5.97 Å². The molecular weight excluding hydrogens is 144 g/mol. The number of carboxylic acids is 1. The number of H-pyrrole nitrogens is 1. The topological polar surface area (TPSA) is 66.0 Å². The second kappa shape index (κ2) is 3.09. The van der Waals surface area contributed by atoms with E-state index >= 15 is 0 Å². The fourth-order valence-electron chi connectivity index (χ4n) is 0.375. The Morgan fingerprint density at radius 1 is 1.78 bits per heavy atom. The standard InChI is InChI=1S/C4H4N2O2.ClH/c7-4(8)3-1-2-5-6-3;/h1-2H,(H,5,6)(H,7,8);1H. The molecule has 0 atom stereocenters. The molecule has 4 nitrogen and oxygen atoms in total. The van der Waals surface area contributed by atoms with Gasteiger partial charge in [0.05, 0.1) is 0 Å². The maximum atomic E-state index is 9.99. The maximum Gasteiger partial charge on any atom is 0.353 e. The maximum absolute atomic E-state index is 9.99. The summed E-state index contributed by atoms with van der Waals surface area (Å²) in [6, 6.07) is 1.39. The number of carbonyl (C=O) groups is 1. The van der Waals surface area contributed by atoms with Crippen LogP contribution < -0.4 is 0 Å². The van der Waals surface area contributed by atoms with Gasteiger partial charge in [0.25, 0.3) is 0 Å². The molecule has 1 rings (SSSR count). The van der Waals surface area contributed by atoms with Gasteiger partial charge in [-0.3, -0.25) is 5.10 Å². The monoisotopic (exact) mass is 148 g/mol. The molecule has 0 saturated carbocycles. The van der Waals surface area contributed by atoms with Crippen LogP contribution in [0.2, 0.25) is 0 Å². The van der Waals surface area contributed by atoms with E-state index in [1.807, 2.05) is 0 Å². The summed E-state index contributed by atoms with van der Waals surface area (Å²) in [5.41, 5.74) is 0.116. The van der Waals surface area contributed by atoms with Crippen molar-refractivity contribution in [3.8, 4) is 0 Å². The lowest BCUT2D eigenvalue weighted by Crippen LogP contribution is -1.95. The molecule has 0 radical (unpaired) electrons. The number of aromatic nitrogens is 2. The zero-order valence-corrected chi connectivity index (χ0v) is 5.18. The summed E-state index contributed by atoms with van der Waals surface area (Å²) in [5.74, 6) is -0.984. The summed E-state index contributed by atoms with van der Waals surface area (Å²) >= 11 is 0. The molecule has 0 aliphatic heterocycles. The van der Waals surface area contributed by atoms with Crippen LogP contribution in [0.5, 0.6) is 0 Å². The van der Waals surface area contributed by atoms with E-state index in [4.69, 9.17) is 5.11 Å². The predicted octanol–water partition coefficient (Wildman–Crippen LogP) is 0.530. The number of nitrogens with zero attached hydrogens (tertiary/aromatic N) is 1. The molecule has 0 fully saturated rings. The molecule has 0 aliphatic rings. The lowest BCUT2D eigenvalue weighted by Gasteiger charge is -1.79. The van der Waals surface area contributed by atoms with Crippen LogP contribution in [0.4, 0.5) is 0 Å². The van der Waals surface area contributed by atoms with Crippen LogP contribution in [0.1, 0.15) is 10.5 Å². The van der Waals surface area contributed by atoms with E-state index < -0.39 is 5.97 Å². The first-order valence-electron chi connectivity index (χ1n) is 2.03. The van der Waals surface area contributed by atoms with Crippen molar-refractivity contribution in [2.45, 2.75) is 0 Å². The molecule has 0 aromatic carbocycles. The predicted molar refractivity (Wildman–Crippen MR) is 32.8 cm³/mol. The Balaban J connectivity index is 0.000000640. The lowest BCUT2D eigenvalue weighted by atomic mass is 10.5. The largest absolute Gasteiger partial charge is 0.477 e. The van der Waals surface area contributed by atoms with Crippen LogP contribution in [0, 0.1) is 0 Å². The highest BCUT2D eigenvalue weighted by molar-refractivity contribution is 5.85. The Morgan fingerprint density at radius 2 is 2.44 bits per heavy atom. The number of hydrogen-bond acceptors (Lipinski definition) is 2. The highest BCUT2D eigenvalue weighted by atomic mass is 35.5. The van der Waals surface area contributed by atoms with Crippen molar-refractivity contribution in [2.75, 3.05) is 0 Å². The average molecular weight is 149 g/mol.